The van der Waals surface area contributed by atoms with Crippen LogP contribution in [0, 0.1) is 0 Å². The molecule has 2 rings (SSSR count). The highest BCUT2D eigenvalue weighted by Crippen LogP contribution is 2.19. The number of nitrogens with zero attached hydrogens (tertiary/aromatic N) is 1. The number of nitrogens with two attached hydrogens (primary N) is 1. The number of rotatable bonds is 5. The Morgan fingerprint density at radius 2 is 2.14 bits per heavy atom. The number of nitrogens with one attached hydrogen (secondary N) is 1. The minimum Gasteiger partial charge on any atom is -0.364 e. The van der Waals surface area contributed by atoms with Crippen molar-refractivity contribution in [3.63, 3.8) is 0 Å². The van der Waals surface area contributed by atoms with Crippen molar-refractivity contribution in [3.8, 4) is 0 Å². The van der Waals surface area contributed by atoms with Crippen LogP contribution in [0.1, 0.15) is 28.8 Å². The normalized spacial score (nSPS) is 20.7. The molecule has 1 saturated heterocycles. The van der Waals surface area contributed by atoms with E-state index in [-0.39, 0.29) is 17.9 Å². The second kappa shape index (κ2) is 7.38. The highest BCUT2D eigenvalue weighted by atomic mass is 16.5. The van der Waals surface area contributed by atoms with Crippen LogP contribution >= 0.6 is 0 Å². The molecule has 2 atom stereocenters. The van der Waals surface area contributed by atoms with E-state index in [9.17, 15) is 9.59 Å². The summed E-state index contributed by atoms with van der Waals surface area (Å²) in [5.41, 5.74) is 7.03. The smallest absolute Gasteiger partial charge is 0.253 e. The Balaban J connectivity index is 1.90. The van der Waals surface area contributed by atoms with Gasteiger partial charge >= 0.3 is 0 Å². The van der Waals surface area contributed by atoms with Gasteiger partial charge in [0.05, 0.1) is 6.10 Å². The number of carbonyl (C=O) groups is 2. The average Bonchev–Trinajstić information content (AvgIpc) is 3.01. The van der Waals surface area contributed by atoms with Crippen LogP contribution in [0.15, 0.2) is 24.3 Å². The van der Waals surface area contributed by atoms with Crippen molar-refractivity contribution in [2.45, 2.75) is 31.6 Å². The van der Waals surface area contributed by atoms with Crippen molar-refractivity contribution in [2.75, 3.05) is 20.6 Å². The van der Waals surface area contributed by atoms with E-state index >= 15 is 0 Å². The Bertz CT molecular complexity index is 545. The highest BCUT2D eigenvalue weighted by Gasteiger charge is 2.29. The van der Waals surface area contributed by atoms with Crippen molar-refractivity contribution >= 4 is 11.8 Å². The highest BCUT2D eigenvalue weighted by molar-refractivity contribution is 5.94. The van der Waals surface area contributed by atoms with Crippen molar-refractivity contribution < 1.29 is 14.3 Å². The molecule has 6 nitrogen and oxygen atoms in total. The van der Waals surface area contributed by atoms with E-state index < -0.39 is 6.10 Å². The van der Waals surface area contributed by atoms with Crippen LogP contribution < -0.4 is 11.1 Å². The van der Waals surface area contributed by atoms with Crippen LogP contribution in [0.5, 0.6) is 0 Å². The summed E-state index contributed by atoms with van der Waals surface area (Å²) < 4.78 is 5.56. The van der Waals surface area contributed by atoms with Gasteiger partial charge < -0.3 is 20.7 Å². The summed E-state index contributed by atoms with van der Waals surface area (Å²) in [6.07, 6.45) is 1.09. The Labute approximate surface area is 130 Å². The predicted molar refractivity (Wildman–Crippen MR) is 83.3 cm³/mol. The molecule has 120 valence electrons. The molecule has 1 aromatic rings. The van der Waals surface area contributed by atoms with Gasteiger partial charge in [-0.05, 0) is 30.5 Å². The SMILES string of the molecule is CN(C)C(=O)c1cccc(CNC(=O)[C@@H]2CC[C@H](CN)O2)c1. The van der Waals surface area contributed by atoms with Gasteiger partial charge in [0, 0.05) is 32.7 Å². The molecule has 1 fully saturated rings. The Morgan fingerprint density at radius 3 is 2.77 bits per heavy atom. The lowest BCUT2D eigenvalue weighted by Gasteiger charge is -2.14. The van der Waals surface area contributed by atoms with Gasteiger partial charge in [-0.3, -0.25) is 9.59 Å². The average molecular weight is 305 g/mol. The third kappa shape index (κ3) is 4.05. The number of hydrogen-bond acceptors (Lipinski definition) is 4. The third-order valence-corrected chi connectivity index (χ3v) is 3.71. The molecule has 6 heteroatoms. The molecule has 0 saturated carbocycles. The molecule has 1 heterocycles. The lowest BCUT2D eigenvalue weighted by atomic mass is 10.1. The first kappa shape index (κ1) is 16.5. The summed E-state index contributed by atoms with van der Waals surface area (Å²) in [6, 6.07) is 7.25. The lowest BCUT2D eigenvalue weighted by Crippen LogP contribution is -2.35. The number of amides is 2. The topological polar surface area (TPSA) is 84.7 Å². The van der Waals surface area contributed by atoms with E-state index in [1.807, 2.05) is 12.1 Å². The fraction of sp³-hybridized carbons (Fsp3) is 0.500. The quantitative estimate of drug-likeness (QED) is 0.830. The molecular formula is C16H23N3O3. The van der Waals surface area contributed by atoms with Crippen LogP contribution in [0.3, 0.4) is 0 Å². The molecular weight excluding hydrogens is 282 g/mol. The minimum absolute atomic E-state index is 0.0169. The summed E-state index contributed by atoms with van der Waals surface area (Å²) in [4.78, 5) is 25.5. The molecule has 0 spiro atoms. The van der Waals surface area contributed by atoms with Crippen molar-refractivity contribution in [2.24, 2.45) is 5.73 Å². The van der Waals surface area contributed by atoms with E-state index in [2.05, 4.69) is 5.32 Å². The van der Waals surface area contributed by atoms with Gasteiger partial charge in [-0.15, -0.1) is 0 Å². The fourth-order valence-electron chi connectivity index (χ4n) is 2.45. The molecule has 3 N–H and O–H groups in total. The summed E-state index contributed by atoms with van der Waals surface area (Å²) >= 11 is 0. The summed E-state index contributed by atoms with van der Waals surface area (Å²) in [7, 11) is 3.42. The Kier molecular flexibility index (Phi) is 5.51. The van der Waals surface area contributed by atoms with Crippen LogP contribution in [-0.4, -0.2) is 49.6 Å². The van der Waals surface area contributed by atoms with Gasteiger partial charge in [-0.1, -0.05) is 12.1 Å². The fourth-order valence-corrected chi connectivity index (χ4v) is 2.45. The summed E-state index contributed by atoms with van der Waals surface area (Å²) in [6.45, 7) is 0.818. The summed E-state index contributed by atoms with van der Waals surface area (Å²) in [5, 5.41) is 2.85. The van der Waals surface area contributed by atoms with Gasteiger partial charge in [0.1, 0.15) is 6.10 Å². The molecule has 0 aromatic heterocycles. The van der Waals surface area contributed by atoms with Crippen LogP contribution in [0.2, 0.25) is 0 Å². The van der Waals surface area contributed by atoms with Gasteiger partial charge in [-0.25, -0.2) is 0 Å². The number of carbonyl (C=O) groups excluding carboxylic acids is 2. The first-order valence-corrected chi connectivity index (χ1v) is 7.45. The second-order valence-corrected chi connectivity index (χ2v) is 5.68. The molecule has 0 aliphatic carbocycles. The summed E-state index contributed by atoms with van der Waals surface area (Å²) in [5.74, 6) is -0.182. The maximum Gasteiger partial charge on any atom is 0.253 e. The van der Waals surface area contributed by atoms with Crippen molar-refractivity contribution in [1.29, 1.82) is 0 Å². The second-order valence-electron chi connectivity index (χ2n) is 5.68. The van der Waals surface area contributed by atoms with Gasteiger partial charge in [0.15, 0.2) is 0 Å². The van der Waals surface area contributed by atoms with Gasteiger partial charge in [-0.2, -0.15) is 0 Å². The van der Waals surface area contributed by atoms with E-state index in [1.54, 1.807) is 26.2 Å². The monoisotopic (exact) mass is 305 g/mol. The number of benzene rings is 1. The molecule has 22 heavy (non-hydrogen) atoms. The zero-order chi connectivity index (χ0) is 16.1. The molecule has 1 aliphatic heterocycles. The first-order valence-electron chi connectivity index (χ1n) is 7.45. The standard InChI is InChI=1S/C16H23N3O3/c1-19(2)16(21)12-5-3-4-11(8-12)10-18-15(20)14-7-6-13(9-17)22-14/h3-5,8,13-14H,6-7,9-10,17H2,1-2H3,(H,18,20)/t13-,14+/m1/s1. The Morgan fingerprint density at radius 1 is 1.36 bits per heavy atom. The maximum absolute atomic E-state index is 12.1. The zero-order valence-corrected chi connectivity index (χ0v) is 13.0. The molecule has 1 aromatic carbocycles. The maximum atomic E-state index is 12.1. The largest absolute Gasteiger partial charge is 0.364 e. The van der Waals surface area contributed by atoms with E-state index in [1.165, 1.54) is 4.90 Å². The molecule has 1 aliphatic rings. The lowest BCUT2D eigenvalue weighted by molar-refractivity contribution is -0.132. The van der Waals surface area contributed by atoms with Crippen LogP contribution in [0.25, 0.3) is 0 Å². The number of ether oxygens (including phenoxy) is 1. The van der Waals surface area contributed by atoms with E-state index in [0.29, 0.717) is 25.1 Å². The Hall–Kier alpha value is -1.92. The van der Waals surface area contributed by atoms with E-state index in [0.717, 1.165) is 12.0 Å². The zero-order valence-electron chi connectivity index (χ0n) is 13.0. The van der Waals surface area contributed by atoms with Crippen LogP contribution in [0.4, 0.5) is 0 Å². The number of hydrogen-bond donors (Lipinski definition) is 2. The predicted octanol–water partition coefficient (Wildman–Crippen LogP) is 0.511. The minimum atomic E-state index is -0.417. The first-order chi connectivity index (χ1) is 10.5. The third-order valence-electron chi connectivity index (χ3n) is 3.71. The molecule has 0 unspecified atom stereocenters. The van der Waals surface area contributed by atoms with Gasteiger partial charge in [0.2, 0.25) is 5.91 Å². The van der Waals surface area contributed by atoms with Crippen molar-refractivity contribution in [1.82, 2.24) is 10.2 Å². The van der Waals surface area contributed by atoms with Crippen LogP contribution in [-0.2, 0) is 16.1 Å². The van der Waals surface area contributed by atoms with Gasteiger partial charge in [0.25, 0.3) is 5.91 Å². The van der Waals surface area contributed by atoms with E-state index in [4.69, 9.17) is 10.5 Å². The molecule has 0 bridgehead atoms. The van der Waals surface area contributed by atoms with Crippen molar-refractivity contribution in [3.05, 3.63) is 35.4 Å². The molecule has 2 amide bonds. The molecule has 0 radical (unpaired) electrons.